The fourth-order valence-corrected chi connectivity index (χ4v) is 3.05. The first-order valence-electron chi connectivity index (χ1n) is 7.79. The Kier molecular flexibility index (Phi) is 5.08. The number of carbonyl (C=O) groups is 1. The molecule has 0 N–H and O–H groups in total. The summed E-state index contributed by atoms with van der Waals surface area (Å²) >= 11 is 3.11. The number of hydrogen-bond donors (Lipinski definition) is 0. The molecule has 1 aliphatic rings. The molecule has 126 valence electrons. The maximum atomic E-state index is 14.2. The van der Waals surface area contributed by atoms with Crippen molar-refractivity contribution in [3.63, 3.8) is 0 Å². The summed E-state index contributed by atoms with van der Waals surface area (Å²) in [6.45, 7) is 1.97. The lowest BCUT2D eigenvalue weighted by Crippen LogP contribution is -2.17. The number of benzene rings is 1. The highest BCUT2D eigenvalue weighted by Gasteiger charge is 2.27. The monoisotopic (exact) mass is 394 g/mol. The minimum atomic E-state index is -0.563. The predicted molar refractivity (Wildman–Crippen MR) is 88.8 cm³/mol. The summed E-state index contributed by atoms with van der Waals surface area (Å²) in [4.78, 5) is 12.4. The molecule has 0 spiro atoms. The Morgan fingerprint density at radius 1 is 1.29 bits per heavy atom. The van der Waals surface area contributed by atoms with Gasteiger partial charge in [0.2, 0.25) is 0 Å². The number of fused-ring (bicyclic) bond motifs is 1. The molecular weight excluding hydrogens is 379 g/mol. The molecule has 0 aliphatic heterocycles. The fourth-order valence-electron chi connectivity index (χ4n) is 2.71. The Balaban J connectivity index is 2.06. The molecule has 24 heavy (non-hydrogen) atoms. The standard InChI is InChI=1S/C17H16BrFN2O3/c1-2-23-17(22)14-10-6-3-4-8-12(10)20-21-16(14)24-13-9-5-7-11(18)15(13)19/h5,7,9H,2-4,6,8H2,1H3. The molecule has 7 heteroatoms. The Labute approximate surface area is 147 Å². The molecule has 1 heterocycles. The Hall–Kier alpha value is -2.02. The van der Waals surface area contributed by atoms with E-state index in [4.69, 9.17) is 9.47 Å². The zero-order valence-electron chi connectivity index (χ0n) is 13.1. The third-order valence-electron chi connectivity index (χ3n) is 3.82. The van der Waals surface area contributed by atoms with E-state index in [1.165, 1.54) is 6.07 Å². The van der Waals surface area contributed by atoms with Crippen LogP contribution in [0.1, 0.15) is 41.4 Å². The van der Waals surface area contributed by atoms with E-state index in [1.807, 2.05) is 0 Å². The molecule has 1 aromatic heterocycles. The van der Waals surface area contributed by atoms with E-state index in [-0.39, 0.29) is 28.3 Å². The summed E-state index contributed by atoms with van der Waals surface area (Å²) in [5.74, 6) is -1.13. The van der Waals surface area contributed by atoms with Gasteiger partial charge in [-0.2, -0.15) is 5.10 Å². The number of carbonyl (C=O) groups excluding carboxylic acids is 1. The molecular formula is C17H16BrFN2O3. The van der Waals surface area contributed by atoms with E-state index in [0.29, 0.717) is 6.42 Å². The highest BCUT2D eigenvalue weighted by atomic mass is 79.9. The zero-order valence-corrected chi connectivity index (χ0v) is 14.7. The summed E-state index contributed by atoms with van der Waals surface area (Å²) in [6, 6.07) is 4.67. The smallest absolute Gasteiger partial charge is 0.344 e. The van der Waals surface area contributed by atoms with Crippen LogP contribution in [0.15, 0.2) is 22.7 Å². The van der Waals surface area contributed by atoms with Gasteiger partial charge in [0.25, 0.3) is 5.88 Å². The molecule has 2 aromatic rings. The van der Waals surface area contributed by atoms with Crippen LogP contribution < -0.4 is 4.74 Å². The molecule has 3 rings (SSSR count). The van der Waals surface area contributed by atoms with Crippen LogP contribution in [0.25, 0.3) is 0 Å². The minimum absolute atomic E-state index is 0.0221. The molecule has 5 nitrogen and oxygen atoms in total. The van der Waals surface area contributed by atoms with Gasteiger partial charge in [0, 0.05) is 0 Å². The second-order valence-corrected chi connectivity index (χ2v) is 6.24. The van der Waals surface area contributed by atoms with Crippen LogP contribution in [0.3, 0.4) is 0 Å². The van der Waals surface area contributed by atoms with Crippen LogP contribution in [0, 0.1) is 5.82 Å². The Bertz CT molecular complexity index is 783. The molecule has 0 fully saturated rings. The number of aromatic nitrogens is 2. The highest BCUT2D eigenvalue weighted by Crippen LogP contribution is 2.33. The van der Waals surface area contributed by atoms with Crippen molar-refractivity contribution < 1.29 is 18.7 Å². The van der Waals surface area contributed by atoms with Gasteiger partial charge < -0.3 is 9.47 Å². The van der Waals surface area contributed by atoms with Crippen LogP contribution in [0.5, 0.6) is 11.6 Å². The third-order valence-corrected chi connectivity index (χ3v) is 4.43. The molecule has 1 aromatic carbocycles. The van der Waals surface area contributed by atoms with Gasteiger partial charge in [0.15, 0.2) is 11.6 Å². The second kappa shape index (κ2) is 7.25. The van der Waals surface area contributed by atoms with Crippen LogP contribution in [-0.4, -0.2) is 22.8 Å². The van der Waals surface area contributed by atoms with Crippen molar-refractivity contribution in [1.82, 2.24) is 10.2 Å². The summed E-state index contributed by atoms with van der Waals surface area (Å²) in [5.41, 5.74) is 1.83. The van der Waals surface area contributed by atoms with Gasteiger partial charge in [-0.3, -0.25) is 0 Å². The predicted octanol–water partition coefficient (Wildman–Crippen LogP) is 4.23. The van der Waals surface area contributed by atoms with Crippen LogP contribution >= 0.6 is 15.9 Å². The van der Waals surface area contributed by atoms with Crippen molar-refractivity contribution >= 4 is 21.9 Å². The van der Waals surface area contributed by atoms with Crippen LogP contribution in [0.2, 0.25) is 0 Å². The van der Waals surface area contributed by atoms with Gasteiger partial charge in [-0.05, 0) is 66.2 Å². The number of nitrogens with zero attached hydrogens (tertiary/aromatic N) is 2. The molecule has 1 aliphatic carbocycles. The van der Waals surface area contributed by atoms with Crippen molar-refractivity contribution in [2.45, 2.75) is 32.6 Å². The maximum absolute atomic E-state index is 14.2. The summed E-state index contributed by atoms with van der Waals surface area (Å²) in [6.07, 6.45) is 3.43. The number of halogens is 2. The van der Waals surface area contributed by atoms with Crippen LogP contribution in [0.4, 0.5) is 4.39 Å². The molecule has 0 bridgehead atoms. The van der Waals surface area contributed by atoms with E-state index in [1.54, 1.807) is 19.1 Å². The number of aryl methyl sites for hydroxylation is 1. The average Bonchev–Trinajstić information content (AvgIpc) is 2.59. The molecule has 0 saturated heterocycles. The number of hydrogen-bond acceptors (Lipinski definition) is 5. The van der Waals surface area contributed by atoms with E-state index < -0.39 is 11.8 Å². The van der Waals surface area contributed by atoms with Gasteiger partial charge in [-0.15, -0.1) is 5.10 Å². The van der Waals surface area contributed by atoms with Crippen molar-refractivity contribution in [2.24, 2.45) is 0 Å². The lowest BCUT2D eigenvalue weighted by Gasteiger charge is -2.19. The third kappa shape index (κ3) is 3.26. The fraction of sp³-hybridized carbons (Fsp3) is 0.353. The van der Waals surface area contributed by atoms with E-state index in [9.17, 15) is 9.18 Å². The number of esters is 1. The lowest BCUT2D eigenvalue weighted by atomic mass is 9.93. The first-order chi connectivity index (χ1) is 11.6. The van der Waals surface area contributed by atoms with Gasteiger partial charge >= 0.3 is 5.97 Å². The average molecular weight is 395 g/mol. The molecule has 0 unspecified atom stereocenters. The first-order valence-corrected chi connectivity index (χ1v) is 8.58. The Morgan fingerprint density at radius 3 is 2.88 bits per heavy atom. The SMILES string of the molecule is CCOC(=O)c1c(Oc2cccc(Br)c2F)nnc2c1CCCC2. The quantitative estimate of drug-likeness (QED) is 0.726. The summed E-state index contributed by atoms with van der Waals surface area (Å²) < 4.78 is 25.2. The molecule has 0 amide bonds. The van der Waals surface area contributed by atoms with E-state index in [2.05, 4.69) is 26.1 Å². The van der Waals surface area contributed by atoms with Gasteiger partial charge in [0.05, 0.1) is 16.8 Å². The largest absolute Gasteiger partial charge is 0.462 e. The second-order valence-electron chi connectivity index (χ2n) is 5.39. The Morgan fingerprint density at radius 2 is 2.08 bits per heavy atom. The topological polar surface area (TPSA) is 61.3 Å². The van der Waals surface area contributed by atoms with Gasteiger partial charge in [-0.25, -0.2) is 9.18 Å². The maximum Gasteiger partial charge on any atom is 0.344 e. The number of ether oxygens (including phenoxy) is 2. The van der Waals surface area contributed by atoms with Crippen molar-refractivity contribution in [1.29, 1.82) is 0 Å². The summed E-state index contributed by atoms with van der Waals surface area (Å²) in [5, 5.41) is 8.16. The molecule has 0 atom stereocenters. The normalized spacial score (nSPS) is 13.3. The lowest BCUT2D eigenvalue weighted by molar-refractivity contribution is 0.0520. The van der Waals surface area contributed by atoms with Crippen molar-refractivity contribution in [3.8, 4) is 11.6 Å². The molecule has 0 radical (unpaired) electrons. The van der Waals surface area contributed by atoms with Crippen LogP contribution in [-0.2, 0) is 17.6 Å². The van der Waals surface area contributed by atoms with Gasteiger partial charge in [0.1, 0.15) is 5.56 Å². The van der Waals surface area contributed by atoms with E-state index >= 15 is 0 Å². The molecule has 0 saturated carbocycles. The number of rotatable bonds is 4. The van der Waals surface area contributed by atoms with E-state index in [0.717, 1.165) is 30.5 Å². The highest BCUT2D eigenvalue weighted by molar-refractivity contribution is 9.10. The zero-order chi connectivity index (χ0) is 17.1. The van der Waals surface area contributed by atoms with Crippen molar-refractivity contribution in [2.75, 3.05) is 6.61 Å². The van der Waals surface area contributed by atoms with Gasteiger partial charge in [-0.1, -0.05) is 6.07 Å². The minimum Gasteiger partial charge on any atom is -0.462 e. The van der Waals surface area contributed by atoms with Crippen molar-refractivity contribution in [3.05, 3.63) is 45.3 Å². The summed E-state index contributed by atoms with van der Waals surface area (Å²) in [7, 11) is 0. The first kappa shape index (κ1) is 16.8.